The monoisotopic (exact) mass is 339 g/mol. The minimum absolute atomic E-state index is 0.0141. The van der Waals surface area contributed by atoms with Crippen LogP contribution in [0, 0.1) is 0 Å². The van der Waals surface area contributed by atoms with Crippen LogP contribution in [0.1, 0.15) is 15.9 Å². The molecule has 1 aromatic carbocycles. The van der Waals surface area contributed by atoms with Crippen LogP contribution in [0.5, 0.6) is 0 Å². The number of nitrogens with one attached hydrogen (secondary N) is 1. The summed E-state index contributed by atoms with van der Waals surface area (Å²) in [4.78, 5) is 16.7. The summed E-state index contributed by atoms with van der Waals surface area (Å²) in [6, 6.07) is 7.71. The van der Waals surface area contributed by atoms with E-state index in [1.165, 1.54) is 5.56 Å². The Kier molecular flexibility index (Phi) is 6.01. The van der Waals surface area contributed by atoms with Gasteiger partial charge in [-0.2, -0.15) is 0 Å². The summed E-state index contributed by atoms with van der Waals surface area (Å²) in [5.74, 6) is 0.0141. The molecule has 0 aliphatic carbocycles. The maximum Gasteiger partial charge on any atom is 0.251 e. The standard InChI is InChI=1S/C15H22BrN3O/c1-18-8-10-19(11-9-18)7-6-17-15(20)14-4-2-13(12-16)3-5-14/h2-5H,6-12H2,1H3,(H,17,20). The number of halogens is 1. The highest BCUT2D eigenvalue weighted by molar-refractivity contribution is 9.08. The molecule has 1 N–H and O–H groups in total. The number of rotatable bonds is 5. The van der Waals surface area contributed by atoms with Gasteiger partial charge in [0.15, 0.2) is 0 Å². The molecule has 0 aromatic heterocycles. The molecule has 110 valence electrons. The molecule has 0 saturated carbocycles. The molecule has 0 spiro atoms. The van der Waals surface area contributed by atoms with Gasteiger partial charge in [0.05, 0.1) is 0 Å². The summed E-state index contributed by atoms with van der Waals surface area (Å²) >= 11 is 3.40. The minimum Gasteiger partial charge on any atom is -0.351 e. The molecule has 1 amide bonds. The van der Waals surface area contributed by atoms with E-state index in [0.717, 1.165) is 43.6 Å². The summed E-state index contributed by atoms with van der Waals surface area (Å²) in [7, 11) is 2.15. The normalized spacial score (nSPS) is 17.1. The fourth-order valence-electron chi connectivity index (χ4n) is 2.25. The second kappa shape index (κ2) is 7.76. The number of likely N-dealkylation sites (N-methyl/N-ethyl adjacent to an activating group) is 1. The first-order valence-electron chi connectivity index (χ1n) is 7.03. The van der Waals surface area contributed by atoms with Crippen molar-refractivity contribution in [1.82, 2.24) is 15.1 Å². The van der Waals surface area contributed by atoms with E-state index in [-0.39, 0.29) is 5.91 Å². The van der Waals surface area contributed by atoms with Crippen LogP contribution in [0.3, 0.4) is 0 Å². The molecule has 1 fully saturated rings. The number of amides is 1. The first-order chi connectivity index (χ1) is 9.69. The van der Waals surface area contributed by atoms with Gasteiger partial charge in [0, 0.05) is 50.2 Å². The second-order valence-corrected chi connectivity index (χ2v) is 5.79. The van der Waals surface area contributed by atoms with Gasteiger partial charge in [-0.25, -0.2) is 0 Å². The Balaban J connectivity index is 1.71. The molecule has 1 aliphatic heterocycles. The number of nitrogens with zero attached hydrogens (tertiary/aromatic N) is 2. The average Bonchev–Trinajstić information content (AvgIpc) is 2.49. The van der Waals surface area contributed by atoms with E-state index in [1.807, 2.05) is 24.3 Å². The van der Waals surface area contributed by atoms with Crippen molar-refractivity contribution in [3.8, 4) is 0 Å². The molecule has 0 unspecified atom stereocenters. The SMILES string of the molecule is CN1CCN(CCNC(=O)c2ccc(CBr)cc2)CC1. The van der Waals surface area contributed by atoms with Gasteiger partial charge in [-0.3, -0.25) is 9.69 Å². The molecule has 4 nitrogen and oxygen atoms in total. The lowest BCUT2D eigenvalue weighted by atomic mass is 10.1. The molecular weight excluding hydrogens is 318 g/mol. The van der Waals surface area contributed by atoms with Gasteiger partial charge < -0.3 is 10.2 Å². The lowest BCUT2D eigenvalue weighted by Crippen LogP contribution is -2.46. The fourth-order valence-corrected chi connectivity index (χ4v) is 2.62. The van der Waals surface area contributed by atoms with Crippen LogP contribution in [0.4, 0.5) is 0 Å². The minimum atomic E-state index is 0.0141. The van der Waals surface area contributed by atoms with Gasteiger partial charge in [0.1, 0.15) is 0 Å². The number of carbonyl (C=O) groups is 1. The van der Waals surface area contributed by atoms with E-state index in [0.29, 0.717) is 6.54 Å². The second-order valence-electron chi connectivity index (χ2n) is 5.23. The molecule has 1 heterocycles. The van der Waals surface area contributed by atoms with Gasteiger partial charge in [-0.15, -0.1) is 0 Å². The predicted molar refractivity (Wildman–Crippen MR) is 85.3 cm³/mol. The highest BCUT2D eigenvalue weighted by atomic mass is 79.9. The van der Waals surface area contributed by atoms with Crippen molar-refractivity contribution < 1.29 is 4.79 Å². The lowest BCUT2D eigenvalue weighted by molar-refractivity contribution is 0.0941. The van der Waals surface area contributed by atoms with Crippen LogP contribution in [-0.4, -0.2) is 62.0 Å². The molecule has 0 bridgehead atoms. The molecule has 0 radical (unpaired) electrons. The predicted octanol–water partition coefficient (Wildman–Crippen LogP) is 1.56. The largest absolute Gasteiger partial charge is 0.351 e. The zero-order valence-electron chi connectivity index (χ0n) is 11.9. The van der Waals surface area contributed by atoms with Gasteiger partial charge >= 0.3 is 0 Å². The van der Waals surface area contributed by atoms with Crippen molar-refractivity contribution in [2.24, 2.45) is 0 Å². The Morgan fingerprint density at radius 1 is 1.20 bits per heavy atom. The number of alkyl halides is 1. The molecule has 1 saturated heterocycles. The molecule has 2 rings (SSSR count). The van der Waals surface area contributed by atoms with E-state index in [9.17, 15) is 4.79 Å². The third-order valence-corrected chi connectivity index (χ3v) is 4.33. The lowest BCUT2D eigenvalue weighted by Gasteiger charge is -2.32. The van der Waals surface area contributed by atoms with Crippen molar-refractivity contribution in [1.29, 1.82) is 0 Å². The number of hydrogen-bond donors (Lipinski definition) is 1. The van der Waals surface area contributed by atoms with Crippen LogP contribution >= 0.6 is 15.9 Å². The van der Waals surface area contributed by atoms with Crippen LogP contribution in [-0.2, 0) is 5.33 Å². The van der Waals surface area contributed by atoms with E-state index >= 15 is 0 Å². The van der Waals surface area contributed by atoms with E-state index in [1.54, 1.807) is 0 Å². The van der Waals surface area contributed by atoms with Gasteiger partial charge in [0.2, 0.25) is 0 Å². The quantitative estimate of drug-likeness (QED) is 0.827. The zero-order chi connectivity index (χ0) is 14.4. The summed E-state index contributed by atoms with van der Waals surface area (Å²) in [6.07, 6.45) is 0. The summed E-state index contributed by atoms with van der Waals surface area (Å²) in [6.45, 7) is 6.05. The van der Waals surface area contributed by atoms with Crippen molar-refractivity contribution >= 4 is 21.8 Å². The van der Waals surface area contributed by atoms with Gasteiger partial charge in [-0.05, 0) is 24.7 Å². The zero-order valence-corrected chi connectivity index (χ0v) is 13.5. The summed E-state index contributed by atoms with van der Waals surface area (Å²) < 4.78 is 0. The van der Waals surface area contributed by atoms with Gasteiger partial charge in [0.25, 0.3) is 5.91 Å². The fraction of sp³-hybridized carbons (Fsp3) is 0.533. The topological polar surface area (TPSA) is 35.6 Å². The maximum atomic E-state index is 12.0. The first-order valence-corrected chi connectivity index (χ1v) is 8.15. The van der Waals surface area contributed by atoms with E-state index in [4.69, 9.17) is 0 Å². The van der Waals surface area contributed by atoms with Crippen molar-refractivity contribution in [3.63, 3.8) is 0 Å². The number of carbonyl (C=O) groups excluding carboxylic acids is 1. The Morgan fingerprint density at radius 2 is 1.85 bits per heavy atom. The van der Waals surface area contributed by atoms with Crippen molar-refractivity contribution in [2.75, 3.05) is 46.3 Å². The van der Waals surface area contributed by atoms with Crippen LogP contribution < -0.4 is 5.32 Å². The smallest absolute Gasteiger partial charge is 0.251 e. The van der Waals surface area contributed by atoms with E-state index in [2.05, 4.69) is 38.1 Å². The van der Waals surface area contributed by atoms with Crippen LogP contribution in [0.15, 0.2) is 24.3 Å². The van der Waals surface area contributed by atoms with Crippen molar-refractivity contribution in [2.45, 2.75) is 5.33 Å². The van der Waals surface area contributed by atoms with E-state index < -0.39 is 0 Å². The highest BCUT2D eigenvalue weighted by Crippen LogP contribution is 2.07. The molecular formula is C15H22BrN3O. The molecule has 5 heteroatoms. The highest BCUT2D eigenvalue weighted by Gasteiger charge is 2.13. The molecule has 1 aliphatic rings. The molecule has 1 aromatic rings. The number of hydrogen-bond acceptors (Lipinski definition) is 3. The Bertz CT molecular complexity index is 427. The third kappa shape index (κ3) is 4.58. The van der Waals surface area contributed by atoms with Crippen LogP contribution in [0.2, 0.25) is 0 Å². The number of piperazine rings is 1. The Morgan fingerprint density at radius 3 is 2.45 bits per heavy atom. The summed E-state index contributed by atoms with van der Waals surface area (Å²) in [5.41, 5.74) is 1.91. The van der Waals surface area contributed by atoms with Crippen molar-refractivity contribution in [3.05, 3.63) is 35.4 Å². The first kappa shape index (κ1) is 15.5. The molecule has 0 atom stereocenters. The average molecular weight is 340 g/mol. The Labute approximate surface area is 129 Å². The summed E-state index contributed by atoms with van der Waals surface area (Å²) in [5, 5.41) is 3.81. The third-order valence-electron chi connectivity index (χ3n) is 3.68. The maximum absolute atomic E-state index is 12.0. The Hall–Kier alpha value is -0.910. The van der Waals surface area contributed by atoms with Gasteiger partial charge in [-0.1, -0.05) is 28.1 Å². The number of benzene rings is 1. The molecule has 20 heavy (non-hydrogen) atoms. The van der Waals surface area contributed by atoms with Crippen LogP contribution in [0.25, 0.3) is 0 Å².